The van der Waals surface area contributed by atoms with Gasteiger partial charge in [-0.3, -0.25) is 0 Å². The molecule has 3 aromatic rings. The van der Waals surface area contributed by atoms with Gasteiger partial charge in [0.15, 0.2) is 0 Å². The maximum absolute atomic E-state index is 13.4. The van der Waals surface area contributed by atoms with Crippen LogP contribution >= 0.6 is 0 Å². The molecule has 2 heterocycles. The van der Waals surface area contributed by atoms with Crippen LogP contribution in [0.25, 0.3) is 5.57 Å². The second-order valence-electron chi connectivity index (χ2n) is 8.07. The lowest BCUT2D eigenvalue weighted by molar-refractivity contribution is -0.137. The van der Waals surface area contributed by atoms with Crippen molar-refractivity contribution >= 4 is 11.3 Å². The fourth-order valence-corrected chi connectivity index (χ4v) is 4.45. The van der Waals surface area contributed by atoms with Gasteiger partial charge in [0, 0.05) is 43.8 Å². The topological polar surface area (TPSA) is 62.7 Å². The number of rotatable bonds is 8. The quantitative estimate of drug-likeness (QED) is 0.473. The molecule has 6 nitrogen and oxygen atoms in total. The highest BCUT2D eigenvalue weighted by Gasteiger charge is 2.35. The summed E-state index contributed by atoms with van der Waals surface area (Å²) in [5.41, 5.74) is 1.45. The molecule has 4 rings (SSSR count). The van der Waals surface area contributed by atoms with Gasteiger partial charge in [0.1, 0.15) is 0 Å². The highest BCUT2D eigenvalue weighted by Crippen LogP contribution is 2.37. The highest BCUT2D eigenvalue weighted by atomic mass is 19.4. The minimum atomic E-state index is -4.57. The molecule has 0 spiro atoms. The van der Waals surface area contributed by atoms with E-state index in [1.54, 1.807) is 24.7 Å². The number of alkyl halides is 3. The molecular formula is C24H25F3N6. The summed E-state index contributed by atoms with van der Waals surface area (Å²) in [6.45, 7) is 4.18. The van der Waals surface area contributed by atoms with Gasteiger partial charge in [0.2, 0.25) is 0 Å². The van der Waals surface area contributed by atoms with Crippen LogP contribution in [0.5, 0.6) is 0 Å². The normalized spacial score (nSPS) is 16.0. The van der Waals surface area contributed by atoms with Gasteiger partial charge in [-0.15, -0.1) is 0 Å². The Morgan fingerprint density at radius 1 is 1.21 bits per heavy atom. The zero-order chi connectivity index (χ0) is 23.4. The minimum absolute atomic E-state index is 0.0494. The van der Waals surface area contributed by atoms with Gasteiger partial charge in [-0.05, 0) is 50.0 Å². The van der Waals surface area contributed by atoms with Crippen LogP contribution < -0.4 is 4.90 Å². The van der Waals surface area contributed by atoms with Crippen molar-refractivity contribution in [2.45, 2.75) is 51.5 Å². The molecule has 9 heteroatoms. The molecular weight excluding hydrogens is 429 g/mol. The number of anilines is 1. The third kappa shape index (κ3) is 4.95. The molecule has 172 valence electrons. The minimum Gasteiger partial charge on any atom is -0.368 e. The molecule has 1 aliphatic rings. The van der Waals surface area contributed by atoms with Crippen LogP contribution in [0.3, 0.4) is 0 Å². The third-order valence-electron chi connectivity index (χ3n) is 6.05. The van der Waals surface area contributed by atoms with Gasteiger partial charge >= 0.3 is 6.18 Å². The van der Waals surface area contributed by atoms with E-state index in [1.807, 2.05) is 35.1 Å². The molecule has 1 aliphatic carbocycles. The van der Waals surface area contributed by atoms with Crippen molar-refractivity contribution in [3.63, 3.8) is 0 Å². The van der Waals surface area contributed by atoms with E-state index in [0.717, 1.165) is 49.7 Å². The molecule has 1 unspecified atom stereocenters. The summed E-state index contributed by atoms with van der Waals surface area (Å²) < 4.78 is 44.5. The number of imidazole rings is 2. The number of hydrogen-bond donors (Lipinski definition) is 0. The van der Waals surface area contributed by atoms with E-state index in [4.69, 9.17) is 5.26 Å². The standard InChI is InChI=1S/C24H25F3N6/c1-2-33(21-7-5-19(14-28)22(13-21)24(25,26)27)20-6-4-18(12-20)23-15-30-17-32(23)10-3-9-31-11-8-29-16-31/h4-5,7-8,11,13,15-17,20H,2-3,6,9-10,12H2,1H3. The lowest BCUT2D eigenvalue weighted by Crippen LogP contribution is -2.33. The van der Waals surface area contributed by atoms with Crippen LogP contribution in [0.15, 0.2) is 55.5 Å². The summed E-state index contributed by atoms with van der Waals surface area (Å²) >= 11 is 0. The van der Waals surface area contributed by atoms with Crippen LogP contribution in [-0.4, -0.2) is 31.7 Å². The largest absolute Gasteiger partial charge is 0.417 e. The molecule has 0 amide bonds. The third-order valence-corrected chi connectivity index (χ3v) is 6.05. The molecule has 0 radical (unpaired) electrons. The average Bonchev–Trinajstić information content (AvgIpc) is 3.56. The van der Waals surface area contributed by atoms with Gasteiger partial charge in [-0.1, -0.05) is 6.08 Å². The SMILES string of the molecule is CCN(c1ccc(C#N)c(C(F)(F)F)c1)C1CC=C(c2cncn2CCCn2ccnc2)C1. The van der Waals surface area contributed by atoms with Gasteiger partial charge in [-0.2, -0.15) is 18.4 Å². The lowest BCUT2D eigenvalue weighted by atomic mass is 10.0. The predicted molar refractivity (Wildman–Crippen MR) is 119 cm³/mol. The number of hydrogen-bond acceptors (Lipinski definition) is 4. The van der Waals surface area contributed by atoms with E-state index in [0.29, 0.717) is 12.2 Å². The summed E-state index contributed by atoms with van der Waals surface area (Å²) in [6, 6.07) is 5.67. The predicted octanol–water partition coefficient (Wildman–Crippen LogP) is 5.13. The van der Waals surface area contributed by atoms with Gasteiger partial charge < -0.3 is 14.0 Å². The average molecular weight is 455 g/mol. The number of halogens is 3. The van der Waals surface area contributed by atoms with E-state index in [-0.39, 0.29) is 11.6 Å². The first-order chi connectivity index (χ1) is 15.9. The summed E-state index contributed by atoms with van der Waals surface area (Å²) in [7, 11) is 0. The van der Waals surface area contributed by atoms with Crippen molar-refractivity contribution in [3.8, 4) is 6.07 Å². The molecule has 1 atom stereocenters. The molecule has 1 aromatic carbocycles. The fourth-order valence-electron chi connectivity index (χ4n) is 4.45. The van der Waals surface area contributed by atoms with Crippen molar-refractivity contribution in [2.24, 2.45) is 0 Å². The van der Waals surface area contributed by atoms with E-state index >= 15 is 0 Å². The number of nitrogens with zero attached hydrogens (tertiary/aromatic N) is 6. The van der Waals surface area contributed by atoms with Crippen LogP contribution in [0.1, 0.15) is 43.0 Å². The summed E-state index contributed by atoms with van der Waals surface area (Å²) in [5, 5.41) is 9.08. The first-order valence-corrected chi connectivity index (χ1v) is 10.9. The van der Waals surface area contributed by atoms with Crippen molar-refractivity contribution in [2.75, 3.05) is 11.4 Å². The molecule has 0 bridgehead atoms. The van der Waals surface area contributed by atoms with Gasteiger partial charge in [-0.25, -0.2) is 9.97 Å². The smallest absolute Gasteiger partial charge is 0.368 e. The summed E-state index contributed by atoms with van der Waals surface area (Å²) in [4.78, 5) is 10.4. The van der Waals surface area contributed by atoms with Crippen molar-refractivity contribution < 1.29 is 13.2 Å². The number of nitriles is 1. The Balaban J connectivity index is 1.46. The van der Waals surface area contributed by atoms with Crippen molar-refractivity contribution in [3.05, 3.63) is 72.3 Å². The molecule has 33 heavy (non-hydrogen) atoms. The highest BCUT2D eigenvalue weighted by molar-refractivity contribution is 5.67. The maximum atomic E-state index is 13.4. The second kappa shape index (κ2) is 9.53. The van der Waals surface area contributed by atoms with E-state index in [1.165, 1.54) is 6.07 Å². The molecule has 0 saturated carbocycles. The van der Waals surface area contributed by atoms with Crippen molar-refractivity contribution in [1.29, 1.82) is 5.26 Å². The van der Waals surface area contributed by atoms with Crippen LogP contribution in [0.4, 0.5) is 18.9 Å². The Kier molecular flexibility index (Phi) is 6.54. The van der Waals surface area contributed by atoms with Crippen LogP contribution in [0.2, 0.25) is 0 Å². The van der Waals surface area contributed by atoms with Gasteiger partial charge in [0.25, 0.3) is 0 Å². The van der Waals surface area contributed by atoms with Crippen LogP contribution in [0, 0.1) is 11.3 Å². The molecule has 0 saturated heterocycles. The Morgan fingerprint density at radius 3 is 2.76 bits per heavy atom. The molecule has 0 fully saturated rings. The zero-order valence-electron chi connectivity index (χ0n) is 18.3. The molecule has 0 aliphatic heterocycles. The monoisotopic (exact) mass is 454 g/mol. The second-order valence-corrected chi connectivity index (χ2v) is 8.07. The van der Waals surface area contributed by atoms with Gasteiger partial charge in [0.05, 0.1) is 41.7 Å². The number of aromatic nitrogens is 4. The summed E-state index contributed by atoms with van der Waals surface area (Å²) in [5.74, 6) is 0. The van der Waals surface area contributed by atoms with E-state index in [9.17, 15) is 13.2 Å². The first-order valence-electron chi connectivity index (χ1n) is 10.9. The Morgan fingerprint density at radius 2 is 2.06 bits per heavy atom. The van der Waals surface area contributed by atoms with E-state index < -0.39 is 11.7 Å². The molecule has 0 N–H and O–H groups in total. The maximum Gasteiger partial charge on any atom is 0.417 e. The molecule has 2 aromatic heterocycles. The van der Waals surface area contributed by atoms with Crippen molar-refractivity contribution in [1.82, 2.24) is 19.1 Å². The Bertz CT molecular complexity index is 1150. The lowest BCUT2D eigenvalue weighted by Gasteiger charge is -2.31. The van der Waals surface area contributed by atoms with Crippen LogP contribution in [-0.2, 0) is 19.3 Å². The number of benzene rings is 1. The fraction of sp³-hybridized carbons (Fsp3) is 0.375. The first kappa shape index (κ1) is 22.6. The summed E-state index contributed by atoms with van der Waals surface area (Å²) in [6.07, 6.45) is 9.16. The van der Waals surface area contributed by atoms with E-state index in [2.05, 4.69) is 20.6 Å². The number of aryl methyl sites for hydroxylation is 2. The Hall–Kier alpha value is -3.54. The Labute approximate surface area is 190 Å². The zero-order valence-corrected chi connectivity index (χ0v) is 18.3.